The summed E-state index contributed by atoms with van der Waals surface area (Å²) in [6.45, 7) is 3.22. The fourth-order valence-corrected chi connectivity index (χ4v) is 3.10. The van der Waals surface area contributed by atoms with Crippen LogP contribution in [0.3, 0.4) is 0 Å². The van der Waals surface area contributed by atoms with Gasteiger partial charge in [0.15, 0.2) is 0 Å². The summed E-state index contributed by atoms with van der Waals surface area (Å²) in [5.41, 5.74) is 1.81. The molecule has 1 atom stereocenters. The van der Waals surface area contributed by atoms with Gasteiger partial charge in [-0.1, -0.05) is 18.2 Å². The van der Waals surface area contributed by atoms with Crippen molar-refractivity contribution in [3.05, 3.63) is 51.2 Å². The summed E-state index contributed by atoms with van der Waals surface area (Å²) in [7, 11) is 0. The van der Waals surface area contributed by atoms with Crippen LogP contribution in [-0.2, 0) is 0 Å². The number of hydrogen-bond donors (Lipinski definition) is 4. The standard InChI is InChI=1S/C17H20N2O4S/c1-10-11(2)24-15(17(23)18-8-13(21)9-20)14(10)19-16(22)12-6-4-3-5-7-12/h3-7,13,20-21H,8-9H2,1-2H3,(H,18,23)(H,19,22). The Hall–Kier alpha value is -2.22. The van der Waals surface area contributed by atoms with E-state index in [-0.39, 0.29) is 12.5 Å². The number of rotatable bonds is 6. The Balaban J connectivity index is 2.20. The van der Waals surface area contributed by atoms with Gasteiger partial charge in [0.2, 0.25) is 0 Å². The molecule has 0 aliphatic heterocycles. The average molecular weight is 348 g/mol. The zero-order valence-corrected chi connectivity index (χ0v) is 14.3. The summed E-state index contributed by atoms with van der Waals surface area (Å²) in [4.78, 5) is 26.0. The number of nitrogens with one attached hydrogen (secondary N) is 2. The van der Waals surface area contributed by atoms with Gasteiger partial charge >= 0.3 is 0 Å². The monoisotopic (exact) mass is 348 g/mol. The SMILES string of the molecule is Cc1sc(C(=O)NCC(O)CO)c(NC(=O)c2ccccc2)c1C. The van der Waals surface area contributed by atoms with Crippen LogP contribution < -0.4 is 10.6 Å². The van der Waals surface area contributed by atoms with Gasteiger partial charge in [-0.2, -0.15) is 0 Å². The van der Waals surface area contributed by atoms with Crippen LogP contribution in [0.4, 0.5) is 5.69 Å². The first-order valence-electron chi connectivity index (χ1n) is 7.47. The minimum absolute atomic E-state index is 0.0581. The maximum Gasteiger partial charge on any atom is 0.263 e. The third-order valence-corrected chi connectivity index (χ3v) is 4.78. The molecule has 1 aromatic heterocycles. The molecular weight excluding hydrogens is 328 g/mol. The number of anilines is 1. The number of amides is 2. The average Bonchev–Trinajstić information content (AvgIpc) is 2.88. The van der Waals surface area contributed by atoms with E-state index in [1.165, 1.54) is 11.3 Å². The second kappa shape index (κ2) is 8.05. The molecule has 1 heterocycles. The van der Waals surface area contributed by atoms with Gasteiger partial charge in [0.25, 0.3) is 11.8 Å². The number of aryl methyl sites for hydroxylation is 1. The second-order valence-electron chi connectivity index (χ2n) is 5.35. The van der Waals surface area contributed by atoms with Crippen molar-refractivity contribution in [1.29, 1.82) is 0 Å². The molecule has 0 spiro atoms. The van der Waals surface area contributed by atoms with E-state index < -0.39 is 18.6 Å². The van der Waals surface area contributed by atoms with Gasteiger partial charge in [-0.05, 0) is 31.5 Å². The summed E-state index contributed by atoms with van der Waals surface area (Å²) in [5.74, 6) is -0.687. The van der Waals surface area contributed by atoms with Crippen molar-refractivity contribution in [3.63, 3.8) is 0 Å². The first kappa shape index (κ1) is 18.1. The van der Waals surface area contributed by atoms with Gasteiger partial charge in [0, 0.05) is 17.0 Å². The highest BCUT2D eigenvalue weighted by Crippen LogP contribution is 2.32. The first-order chi connectivity index (χ1) is 11.4. The Morgan fingerprint density at radius 3 is 2.46 bits per heavy atom. The summed E-state index contributed by atoms with van der Waals surface area (Å²) in [6.07, 6.45) is -1.02. The largest absolute Gasteiger partial charge is 0.394 e. The van der Waals surface area contributed by atoms with Crippen molar-refractivity contribution in [2.45, 2.75) is 20.0 Å². The predicted molar refractivity (Wildman–Crippen MR) is 93.6 cm³/mol. The van der Waals surface area contributed by atoms with Crippen LogP contribution in [0.2, 0.25) is 0 Å². The molecule has 7 heteroatoms. The minimum atomic E-state index is -1.02. The van der Waals surface area contributed by atoms with E-state index in [2.05, 4.69) is 10.6 Å². The molecule has 1 aromatic carbocycles. The van der Waals surface area contributed by atoms with Crippen molar-refractivity contribution in [3.8, 4) is 0 Å². The molecule has 0 fully saturated rings. The quantitative estimate of drug-likeness (QED) is 0.638. The van der Waals surface area contributed by atoms with Crippen molar-refractivity contribution in [1.82, 2.24) is 5.32 Å². The van der Waals surface area contributed by atoms with Gasteiger partial charge in [-0.15, -0.1) is 11.3 Å². The minimum Gasteiger partial charge on any atom is -0.394 e. The van der Waals surface area contributed by atoms with E-state index in [4.69, 9.17) is 5.11 Å². The molecule has 0 bridgehead atoms. The van der Waals surface area contributed by atoms with Crippen LogP contribution >= 0.6 is 11.3 Å². The van der Waals surface area contributed by atoms with Crippen molar-refractivity contribution in [2.24, 2.45) is 0 Å². The lowest BCUT2D eigenvalue weighted by atomic mass is 10.1. The summed E-state index contributed by atoms with van der Waals surface area (Å²) in [6, 6.07) is 8.75. The molecule has 0 saturated carbocycles. The topological polar surface area (TPSA) is 98.7 Å². The number of carbonyl (C=O) groups excluding carboxylic acids is 2. The number of hydrogen-bond acceptors (Lipinski definition) is 5. The first-order valence-corrected chi connectivity index (χ1v) is 8.29. The van der Waals surface area contributed by atoms with Crippen molar-refractivity contribution in [2.75, 3.05) is 18.5 Å². The lowest BCUT2D eigenvalue weighted by Gasteiger charge is -2.11. The van der Waals surface area contributed by atoms with Gasteiger partial charge in [-0.25, -0.2) is 0 Å². The molecule has 0 aliphatic carbocycles. The van der Waals surface area contributed by atoms with Gasteiger partial charge in [0.05, 0.1) is 18.4 Å². The normalized spacial score (nSPS) is 11.8. The number of carbonyl (C=O) groups is 2. The number of benzene rings is 1. The van der Waals surface area contributed by atoms with E-state index in [0.29, 0.717) is 16.1 Å². The Morgan fingerprint density at radius 1 is 1.17 bits per heavy atom. The van der Waals surface area contributed by atoms with Gasteiger partial charge in [-0.3, -0.25) is 9.59 Å². The van der Waals surface area contributed by atoms with Crippen LogP contribution in [0.15, 0.2) is 30.3 Å². The maximum absolute atomic E-state index is 12.4. The molecule has 128 valence electrons. The third kappa shape index (κ3) is 4.19. The molecule has 0 saturated heterocycles. The number of thiophene rings is 1. The van der Waals surface area contributed by atoms with E-state index in [9.17, 15) is 14.7 Å². The lowest BCUT2D eigenvalue weighted by Crippen LogP contribution is -2.34. The van der Waals surface area contributed by atoms with Gasteiger partial charge < -0.3 is 20.8 Å². The fourth-order valence-electron chi connectivity index (χ4n) is 2.07. The summed E-state index contributed by atoms with van der Waals surface area (Å²) < 4.78 is 0. The summed E-state index contributed by atoms with van der Waals surface area (Å²) in [5, 5.41) is 23.5. The van der Waals surface area contributed by atoms with Crippen LogP contribution in [-0.4, -0.2) is 41.3 Å². The molecule has 0 aliphatic rings. The highest BCUT2D eigenvalue weighted by molar-refractivity contribution is 7.14. The summed E-state index contributed by atoms with van der Waals surface area (Å²) >= 11 is 1.27. The van der Waals surface area contributed by atoms with Crippen LogP contribution in [0.25, 0.3) is 0 Å². The molecule has 2 aromatic rings. The molecule has 1 unspecified atom stereocenters. The third-order valence-electron chi connectivity index (χ3n) is 3.58. The smallest absolute Gasteiger partial charge is 0.263 e. The molecule has 0 radical (unpaired) electrons. The fraction of sp³-hybridized carbons (Fsp3) is 0.294. The molecule has 24 heavy (non-hydrogen) atoms. The lowest BCUT2D eigenvalue weighted by molar-refractivity contribution is 0.0805. The van der Waals surface area contributed by atoms with Crippen LogP contribution in [0, 0.1) is 13.8 Å². The van der Waals surface area contributed by atoms with E-state index in [1.54, 1.807) is 24.3 Å². The Morgan fingerprint density at radius 2 is 1.83 bits per heavy atom. The molecule has 2 amide bonds. The van der Waals surface area contributed by atoms with E-state index in [0.717, 1.165) is 10.4 Å². The van der Waals surface area contributed by atoms with E-state index in [1.807, 2.05) is 19.9 Å². The number of aliphatic hydroxyl groups excluding tert-OH is 2. The Bertz CT molecular complexity index is 728. The Labute approximate surface area is 144 Å². The van der Waals surface area contributed by atoms with Crippen LogP contribution in [0.5, 0.6) is 0 Å². The predicted octanol–water partition coefficient (Wildman–Crippen LogP) is 1.70. The number of aliphatic hydroxyl groups is 2. The zero-order chi connectivity index (χ0) is 17.7. The van der Waals surface area contributed by atoms with Crippen molar-refractivity contribution < 1.29 is 19.8 Å². The van der Waals surface area contributed by atoms with Crippen LogP contribution in [0.1, 0.15) is 30.5 Å². The molecule has 6 nitrogen and oxygen atoms in total. The highest BCUT2D eigenvalue weighted by atomic mass is 32.1. The molecular formula is C17H20N2O4S. The maximum atomic E-state index is 12.4. The van der Waals surface area contributed by atoms with E-state index >= 15 is 0 Å². The Kier molecular flexibility index (Phi) is 6.08. The van der Waals surface area contributed by atoms with Crippen molar-refractivity contribution >= 4 is 28.8 Å². The zero-order valence-electron chi connectivity index (χ0n) is 13.5. The molecule has 4 N–H and O–H groups in total. The van der Waals surface area contributed by atoms with Gasteiger partial charge in [0.1, 0.15) is 4.88 Å². The highest BCUT2D eigenvalue weighted by Gasteiger charge is 2.21. The second-order valence-corrected chi connectivity index (χ2v) is 6.58. The molecule has 2 rings (SSSR count).